The van der Waals surface area contributed by atoms with Crippen molar-refractivity contribution in [2.24, 2.45) is 11.8 Å². The maximum atomic E-state index is 13.5. The Morgan fingerprint density at radius 1 is 1.26 bits per heavy atom. The molecular formula is C20H32F4N3O2PS. The van der Waals surface area contributed by atoms with Gasteiger partial charge in [-0.05, 0) is 65.7 Å². The number of halogens is 4. The maximum absolute atomic E-state index is 13.5. The van der Waals surface area contributed by atoms with Crippen LogP contribution in [0.3, 0.4) is 0 Å². The zero-order chi connectivity index (χ0) is 23.2. The summed E-state index contributed by atoms with van der Waals surface area (Å²) >= 11 is 0. The van der Waals surface area contributed by atoms with E-state index >= 15 is 0 Å². The molecule has 5 nitrogen and oxygen atoms in total. The maximum Gasteiger partial charge on any atom is 0.416 e. The third-order valence-electron chi connectivity index (χ3n) is 5.19. The molecule has 11 heteroatoms. The monoisotopic (exact) mass is 485 g/mol. The predicted molar refractivity (Wildman–Crippen MR) is 120 cm³/mol. The number of likely N-dealkylation sites (tertiary alicyclic amines) is 1. The minimum atomic E-state index is -4.71. The van der Waals surface area contributed by atoms with E-state index < -0.39 is 33.2 Å². The highest BCUT2D eigenvalue weighted by atomic mass is 32.8. The molecule has 1 fully saturated rings. The van der Waals surface area contributed by atoms with Crippen LogP contribution in [0.2, 0.25) is 0 Å². The molecule has 31 heavy (non-hydrogen) atoms. The average Bonchev–Trinajstić information content (AvgIpc) is 2.64. The van der Waals surface area contributed by atoms with Gasteiger partial charge in [0.25, 0.3) is 5.91 Å². The Morgan fingerprint density at radius 3 is 2.48 bits per heavy atom. The van der Waals surface area contributed by atoms with Crippen LogP contribution in [0.5, 0.6) is 0 Å². The van der Waals surface area contributed by atoms with Gasteiger partial charge in [-0.15, -0.1) is 0 Å². The Morgan fingerprint density at radius 2 is 1.90 bits per heavy atom. The number of piperidine rings is 1. The van der Waals surface area contributed by atoms with E-state index in [-0.39, 0.29) is 11.5 Å². The molecule has 0 saturated carbocycles. The van der Waals surface area contributed by atoms with E-state index in [4.69, 9.17) is 0 Å². The van der Waals surface area contributed by atoms with Crippen molar-refractivity contribution >= 4 is 24.1 Å². The molecule has 1 heterocycles. The molecular weight excluding hydrogens is 453 g/mol. The van der Waals surface area contributed by atoms with Crippen molar-refractivity contribution in [2.75, 3.05) is 38.5 Å². The number of hydrogen-bond acceptors (Lipinski definition) is 3. The molecule has 178 valence electrons. The molecule has 2 N–H and O–H groups in total. The summed E-state index contributed by atoms with van der Waals surface area (Å²) in [6.45, 7) is 7.46. The van der Waals surface area contributed by atoms with Gasteiger partial charge < -0.3 is 10.2 Å². The zero-order valence-corrected chi connectivity index (χ0v) is 19.9. The number of alkyl halides is 3. The van der Waals surface area contributed by atoms with Crippen molar-refractivity contribution in [3.05, 3.63) is 35.1 Å². The Balaban J connectivity index is 1.74. The minimum Gasteiger partial charge on any atom is -0.352 e. The van der Waals surface area contributed by atoms with Crippen molar-refractivity contribution in [1.29, 1.82) is 0 Å². The molecule has 1 aliphatic rings. The first-order valence-corrected chi connectivity index (χ1v) is 13.9. The number of thiol groups is 1. The van der Waals surface area contributed by atoms with E-state index in [0.717, 1.165) is 38.5 Å². The smallest absolute Gasteiger partial charge is 0.352 e. The highest BCUT2D eigenvalue weighted by molar-refractivity contribution is 8.44. The van der Waals surface area contributed by atoms with Crippen LogP contribution in [-0.4, -0.2) is 53.5 Å². The molecule has 1 aromatic rings. The Hall–Kier alpha value is -1.09. The van der Waals surface area contributed by atoms with Gasteiger partial charge in [0.15, 0.2) is 0 Å². The Kier molecular flexibility index (Phi) is 9.42. The van der Waals surface area contributed by atoms with Crippen molar-refractivity contribution in [3.8, 4) is 0 Å². The van der Waals surface area contributed by atoms with Crippen LogP contribution >= 0.6 is 8.44 Å². The van der Waals surface area contributed by atoms with Crippen molar-refractivity contribution in [2.45, 2.75) is 32.9 Å². The average molecular weight is 486 g/mol. The molecule has 0 aromatic heterocycles. The summed E-state index contributed by atoms with van der Waals surface area (Å²) in [5.41, 5.74) is -1.51. The number of amides is 1. The number of hydrogen-bond donors (Lipinski definition) is 3. The van der Waals surface area contributed by atoms with Gasteiger partial charge in [-0.2, -0.15) is 13.2 Å². The van der Waals surface area contributed by atoms with Crippen LogP contribution in [-0.2, 0) is 15.9 Å². The summed E-state index contributed by atoms with van der Waals surface area (Å²) in [6, 6.07) is 1.85. The predicted octanol–water partition coefficient (Wildman–Crippen LogP) is 3.25. The summed E-state index contributed by atoms with van der Waals surface area (Å²) in [7, 11) is 0.0471. The number of carbonyl (C=O) groups excluding carboxylic acids is 1. The molecule has 1 atom stereocenters. The van der Waals surface area contributed by atoms with Crippen LogP contribution in [0, 0.1) is 17.7 Å². The topological polar surface area (TPSA) is 61.4 Å². The highest BCUT2D eigenvalue weighted by Crippen LogP contribution is 2.30. The van der Waals surface area contributed by atoms with Crippen molar-refractivity contribution < 1.29 is 26.6 Å². The van der Waals surface area contributed by atoms with Crippen LogP contribution in [0.15, 0.2) is 18.2 Å². The van der Waals surface area contributed by atoms with Crippen LogP contribution in [0.1, 0.15) is 42.6 Å². The second-order valence-electron chi connectivity index (χ2n) is 8.50. The lowest BCUT2D eigenvalue weighted by molar-refractivity contribution is -0.137. The molecule has 1 aliphatic heterocycles. The number of benzene rings is 1. The van der Waals surface area contributed by atoms with Crippen molar-refractivity contribution in [1.82, 2.24) is 14.9 Å². The van der Waals surface area contributed by atoms with Crippen LogP contribution < -0.4 is 10.0 Å². The molecule has 1 unspecified atom stereocenters. The quantitative estimate of drug-likeness (QED) is 0.286. The molecule has 1 aromatic carbocycles. The first-order chi connectivity index (χ1) is 14.4. The van der Waals surface area contributed by atoms with Gasteiger partial charge in [0, 0.05) is 31.0 Å². The number of nitrogens with zero attached hydrogens (tertiary/aromatic N) is 1. The Bertz CT molecular complexity index is 799. The number of rotatable bonds is 9. The SMILES string of the molecule is CC(C)C[SH](=O)(P)NCCN1CCC(CNC(=O)c2cc(F)cc(C(F)(F)F)c2)CC1. The van der Waals surface area contributed by atoms with Gasteiger partial charge in [0.1, 0.15) is 5.82 Å². The van der Waals surface area contributed by atoms with Gasteiger partial charge in [0.05, 0.1) is 5.56 Å². The second kappa shape index (κ2) is 11.2. The molecule has 0 radical (unpaired) electrons. The van der Waals surface area contributed by atoms with E-state index in [0.29, 0.717) is 36.9 Å². The zero-order valence-electron chi connectivity index (χ0n) is 17.8. The highest BCUT2D eigenvalue weighted by Gasteiger charge is 2.32. The summed E-state index contributed by atoms with van der Waals surface area (Å²) in [4.78, 5) is 14.5. The van der Waals surface area contributed by atoms with E-state index in [2.05, 4.69) is 23.4 Å². The lowest BCUT2D eigenvalue weighted by Gasteiger charge is -2.32. The van der Waals surface area contributed by atoms with Crippen molar-refractivity contribution in [3.63, 3.8) is 0 Å². The lowest BCUT2D eigenvalue weighted by Crippen LogP contribution is -2.42. The Labute approximate surface area is 184 Å². The fourth-order valence-electron chi connectivity index (χ4n) is 3.64. The molecule has 1 amide bonds. The molecule has 1 saturated heterocycles. The van der Waals surface area contributed by atoms with E-state index in [1.807, 2.05) is 13.8 Å². The molecule has 0 bridgehead atoms. The largest absolute Gasteiger partial charge is 0.416 e. The third kappa shape index (κ3) is 9.12. The summed E-state index contributed by atoms with van der Waals surface area (Å²) < 4.78 is 67.4. The lowest BCUT2D eigenvalue weighted by atomic mass is 9.96. The van der Waals surface area contributed by atoms with Gasteiger partial charge in [-0.1, -0.05) is 22.3 Å². The van der Waals surface area contributed by atoms with Gasteiger partial charge in [-0.3, -0.25) is 13.7 Å². The third-order valence-corrected chi connectivity index (χ3v) is 8.40. The number of nitrogens with one attached hydrogen (secondary N) is 2. The number of carbonyl (C=O) groups is 1. The van der Waals surface area contributed by atoms with Gasteiger partial charge in [0.2, 0.25) is 0 Å². The summed E-state index contributed by atoms with van der Waals surface area (Å²) in [5.74, 6) is -0.607. The molecule has 2 rings (SSSR count). The van der Waals surface area contributed by atoms with E-state index in [1.165, 1.54) is 0 Å². The second-order valence-corrected chi connectivity index (χ2v) is 13.3. The normalized spacial score (nSPS) is 17.2. The van der Waals surface area contributed by atoms with E-state index in [9.17, 15) is 26.6 Å². The summed E-state index contributed by atoms with van der Waals surface area (Å²) in [6.07, 6.45) is -3.04. The van der Waals surface area contributed by atoms with Gasteiger partial charge >= 0.3 is 6.18 Å². The van der Waals surface area contributed by atoms with Gasteiger partial charge in [-0.25, -0.2) is 4.39 Å². The summed E-state index contributed by atoms with van der Waals surface area (Å²) in [5, 5.41) is 2.63. The fourth-order valence-corrected chi connectivity index (χ4v) is 6.99. The first kappa shape index (κ1) is 26.2. The minimum absolute atomic E-state index is 0.206. The first-order valence-electron chi connectivity index (χ1n) is 10.4. The molecule has 0 spiro atoms. The van der Waals surface area contributed by atoms with Crippen LogP contribution in [0.25, 0.3) is 0 Å². The standard InChI is InChI=1S/C20H32F4N3O2PS/c1-14(2)13-31(29,30)26-5-8-27-6-3-15(4-7-27)12-25-19(28)16-9-17(20(22,23)24)11-18(21)10-16/h9-11,14-15,31H,3-8,12-13,30H2,1-2H3,(H,25,28)(H,26,29). The fraction of sp³-hybridized carbons (Fsp3) is 0.650. The molecule has 0 aliphatic carbocycles. The van der Waals surface area contributed by atoms with Crippen LogP contribution in [0.4, 0.5) is 17.6 Å². The van der Waals surface area contributed by atoms with E-state index in [1.54, 1.807) is 0 Å².